The zero-order chi connectivity index (χ0) is 18.5. The molecule has 0 aliphatic rings. The summed E-state index contributed by atoms with van der Waals surface area (Å²) in [6.07, 6.45) is 0. The molecule has 5 heteroatoms. The van der Waals surface area contributed by atoms with Crippen molar-refractivity contribution in [3.63, 3.8) is 0 Å². The number of carbonyl (C=O) groups is 1. The first-order chi connectivity index (χ1) is 13.3. The van der Waals surface area contributed by atoms with Gasteiger partial charge in [0, 0.05) is 5.56 Å². The lowest BCUT2D eigenvalue weighted by Crippen LogP contribution is -2.12. The van der Waals surface area contributed by atoms with E-state index in [4.69, 9.17) is 14.0 Å². The van der Waals surface area contributed by atoms with Crippen molar-refractivity contribution >= 4 is 16.9 Å². The van der Waals surface area contributed by atoms with Crippen molar-refractivity contribution in [1.29, 1.82) is 0 Å². The molecule has 5 nitrogen and oxygen atoms in total. The molecule has 3 aromatic carbocycles. The summed E-state index contributed by atoms with van der Waals surface area (Å²) in [5.41, 5.74) is 2.04. The Morgan fingerprint density at radius 2 is 1.63 bits per heavy atom. The predicted octanol–water partition coefficient (Wildman–Crippen LogP) is 4.73. The molecule has 0 unspecified atom stereocenters. The van der Waals surface area contributed by atoms with E-state index in [1.54, 1.807) is 18.2 Å². The summed E-state index contributed by atoms with van der Waals surface area (Å²) in [5, 5.41) is 4.83. The third-order valence-corrected chi connectivity index (χ3v) is 4.08. The van der Waals surface area contributed by atoms with Crippen LogP contribution in [0.25, 0.3) is 22.2 Å². The summed E-state index contributed by atoms with van der Waals surface area (Å²) in [7, 11) is 0. The number of fused-ring (bicyclic) bond motifs is 1. The number of benzene rings is 3. The van der Waals surface area contributed by atoms with Gasteiger partial charge in [-0.05, 0) is 30.3 Å². The summed E-state index contributed by atoms with van der Waals surface area (Å²) in [6, 6.07) is 24.2. The van der Waals surface area contributed by atoms with Crippen molar-refractivity contribution in [3.05, 3.63) is 84.4 Å². The standard InChI is InChI=1S/C22H17NO4/c24-22(26-14-13-25-18-9-5-2-6-10-18)17-11-12-20-19(15-17)21(27-23-20)16-7-3-1-4-8-16/h1-12,15H,13-14H2. The Morgan fingerprint density at radius 3 is 2.41 bits per heavy atom. The van der Waals surface area contributed by atoms with Crippen LogP contribution in [-0.2, 0) is 4.74 Å². The maximum atomic E-state index is 12.3. The van der Waals surface area contributed by atoms with Crippen molar-refractivity contribution in [2.75, 3.05) is 13.2 Å². The minimum atomic E-state index is -0.409. The number of para-hydroxylation sites is 1. The number of esters is 1. The van der Waals surface area contributed by atoms with Crippen LogP contribution in [0.4, 0.5) is 0 Å². The molecule has 1 aromatic heterocycles. The average Bonchev–Trinajstić information content (AvgIpc) is 3.16. The van der Waals surface area contributed by atoms with Crippen LogP contribution in [-0.4, -0.2) is 24.3 Å². The lowest BCUT2D eigenvalue weighted by Gasteiger charge is -2.07. The van der Waals surface area contributed by atoms with Gasteiger partial charge in [0.2, 0.25) is 0 Å². The van der Waals surface area contributed by atoms with Gasteiger partial charge in [-0.15, -0.1) is 0 Å². The maximum Gasteiger partial charge on any atom is 0.338 e. The van der Waals surface area contributed by atoms with Crippen LogP contribution in [0.2, 0.25) is 0 Å². The maximum absolute atomic E-state index is 12.3. The Balaban J connectivity index is 1.44. The topological polar surface area (TPSA) is 61.6 Å². The van der Waals surface area contributed by atoms with E-state index in [1.807, 2.05) is 60.7 Å². The molecule has 0 saturated heterocycles. The average molecular weight is 359 g/mol. The molecule has 4 aromatic rings. The second-order valence-corrected chi connectivity index (χ2v) is 5.91. The van der Waals surface area contributed by atoms with Gasteiger partial charge in [0.15, 0.2) is 5.76 Å². The van der Waals surface area contributed by atoms with Gasteiger partial charge >= 0.3 is 5.97 Å². The van der Waals surface area contributed by atoms with Gasteiger partial charge in [-0.2, -0.15) is 0 Å². The Hall–Kier alpha value is -3.60. The molecule has 27 heavy (non-hydrogen) atoms. The first-order valence-electron chi connectivity index (χ1n) is 8.61. The number of hydrogen-bond donors (Lipinski definition) is 0. The fourth-order valence-electron chi connectivity index (χ4n) is 2.76. The minimum absolute atomic E-state index is 0.168. The predicted molar refractivity (Wildman–Crippen MR) is 102 cm³/mol. The van der Waals surface area contributed by atoms with Crippen molar-refractivity contribution in [1.82, 2.24) is 5.16 Å². The molecule has 0 fully saturated rings. The summed E-state index contributed by atoms with van der Waals surface area (Å²) in [5.74, 6) is 0.966. The molecule has 0 aliphatic carbocycles. The second kappa shape index (κ2) is 7.74. The fraction of sp³-hybridized carbons (Fsp3) is 0.0909. The molecule has 1 heterocycles. The van der Waals surface area contributed by atoms with Crippen LogP contribution in [0, 0.1) is 0 Å². The highest BCUT2D eigenvalue weighted by Gasteiger charge is 2.14. The highest BCUT2D eigenvalue weighted by molar-refractivity contribution is 5.98. The number of nitrogens with zero attached hydrogens (tertiary/aromatic N) is 1. The number of ether oxygens (including phenoxy) is 2. The third-order valence-electron chi connectivity index (χ3n) is 4.08. The second-order valence-electron chi connectivity index (χ2n) is 5.91. The molecule has 0 aliphatic heterocycles. The van der Waals surface area contributed by atoms with E-state index in [9.17, 15) is 4.79 Å². The van der Waals surface area contributed by atoms with Gasteiger partial charge in [0.1, 0.15) is 24.5 Å². The van der Waals surface area contributed by atoms with E-state index in [0.717, 1.165) is 16.7 Å². The summed E-state index contributed by atoms with van der Waals surface area (Å²) in [4.78, 5) is 12.3. The molecule has 134 valence electrons. The number of carbonyl (C=O) groups excluding carboxylic acids is 1. The summed E-state index contributed by atoms with van der Waals surface area (Å²) >= 11 is 0. The van der Waals surface area contributed by atoms with Crippen molar-refractivity contribution < 1.29 is 18.8 Å². The zero-order valence-electron chi connectivity index (χ0n) is 14.5. The normalized spacial score (nSPS) is 10.7. The molecular formula is C22H17NO4. The number of hydrogen-bond acceptors (Lipinski definition) is 5. The van der Waals surface area contributed by atoms with Crippen molar-refractivity contribution in [3.8, 4) is 17.1 Å². The van der Waals surface area contributed by atoms with Gasteiger partial charge in [-0.25, -0.2) is 4.79 Å². The molecule has 0 amide bonds. The van der Waals surface area contributed by atoms with E-state index in [2.05, 4.69) is 5.16 Å². The molecule has 0 N–H and O–H groups in total. The molecule has 0 atom stereocenters. The first kappa shape index (κ1) is 16.8. The number of aromatic nitrogens is 1. The van der Waals surface area contributed by atoms with Crippen LogP contribution in [0.15, 0.2) is 83.4 Å². The van der Waals surface area contributed by atoms with E-state index >= 15 is 0 Å². The molecule has 0 bridgehead atoms. The van der Waals surface area contributed by atoms with E-state index in [-0.39, 0.29) is 6.61 Å². The lowest BCUT2D eigenvalue weighted by atomic mass is 10.1. The Labute approximate surface area is 156 Å². The molecule has 0 radical (unpaired) electrons. The van der Waals surface area contributed by atoms with E-state index in [0.29, 0.717) is 23.4 Å². The van der Waals surface area contributed by atoms with Crippen molar-refractivity contribution in [2.24, 2.45) is 0 Å². The molecular weight excluding hydrogens is 342 g/mol. The van der Waals surface area contributed by atoms with Crippen molar-refractivity contribution in [2.45, 2.75) is 0 Å². The van der Waals surface area contributed by atoms with Crippen LogP contribution in [0.5, 0.6) is 5.75 Å². The fourth-order valence-corrected chi connectivity index (χ4v) is 2.76. The van der Waals surface area contributed by atoms with Gasteiger partial charge < -0.3 is 14.0 Å². The van der Waals surface area contributed by atoms with Gasteiger partial charge in [-0.1, -0.05) is 53.7 Å². The van der Waals surface area contributed by atoms with Crippen LogP contribution in [0.1, 0.15) is 10.4 Å². The quantitative estimate of drug-likeness (QED) is 0.368. The minimum Gasteiger partial charge on any atom is -0.490 e. The summed E-state index contributed by atoms with van der Waals surface area (Å²) < 4.78 is 16.3. The van der Waals surface area contributed by atoms with Gasteiger partial charge in [0.05, 0.1) is 10.9 Å². The highest BCUT2D eigenvalue weighted by Crippen LogP contribution is 2.29. The van der Waals surface area contributed by atoms with Gasteiger partial charge in [-0.3, -0.25) is 0 Å². The van der Waals surface area contributed by atoms with Crippen LogP contribution >= 0.6 is 0 Å². The third kappa shape index (κ3) is 3.82. The molecule has 0 spiro atoms. The SMILES string of the molecule is O=C(OCCOc1ccccc1)c1ccc2noc(-c3ccccc3)c2c1. The Bertz CT molecular complexity index is 1040. The molecule has 0 saturated carbocycles. The van der Waals surface area contributed by atoms with E-state index in [1.165, 1.54) is 0 Å². The Morgan fingerprint density at radius 1 is 0.889 bits per heavy atom. The molecule has 4 rings (SSSR count). The highest BCUT2D eigenvalue weighted by atomic mass is 16.6. The largest absolute Gasteiger partial charge is 0.490 e. The summed E-state index contributed by atoms with van der Waals surface area (Å²) in [6.45, 7) is 0.460. The van der Waals surface area contributed by atoms with E-state index < -0.39 is 5.97 Å². The van der Waals surface area contributed by atoms with Gasteiger partial charge in [0.25, 0.3) is 0 Å². The monoisotopic (exact) mass is 359 g/mol. The lowest BCUT2D eigenvalue weighted by molar-refractivity contribution is 0.0450. The van der Waals surface area contributed by atoms with Crippen LogP contribution in [0.3, 0.4) is 0 Å². The number of rotatable bonds is 6. The Kier molecular flexibility index (Phi) is 4.83. The zero-order valence-corrected chi connectivity index (χ0v) is 14.5. The smallest absolute Gasteiger partial charge is 0.338 e. The first-order valence-corrected chi connectivity index (χ1v) is 8.61. The van der Waals surface area contributed by atoms with Crippen LogP contribution < -0.4 is 4.74 Å².